The number of amides is 3. The highest BCUT2D eigenvalue weighted by atomic mass is 35.5. The van der Waals surface area contributed by atoms with E-state index in [1.165, 1.54) is 0 Å². The molecule has 2 aromatic carbocycles. The predicted octanol–water partition coefficient (Wildman–Crippen LogP) is 4.41. The van der Waals surface area contributed by atoms with Crippen molar-refractivity contribution in [1.82, 2.24) is 10.2 Å². The summed E-state index contributed by atoms with van der Waals surface area (Å²) in [6.07, 6.45) is 3.18. The zero-order chi connectivity index (χ0) is 21.6. The summed E-state index contributed by atoms with van der Waals surface area (Å²) in [5, 5.41) is 6.50. The number of carbonyl (C=O) groups excluding carboxylic acids is 2. The first-order valence-corrected chi connectivity index (χ1v) is 10.9. The van der Waals surface area contributed by atoms with Crippen LogP contribution >= 0.6 is 11.6 Å². The summed E-state index contributed by atoms with van der Waals surface area (Å²) < 4.78 is 10.7. The lowest BCUT2D eigenvalue weighted by atomic mass is 9.93. The van der Waals surface area contributed by atoms with Gasteiger partial charge in [-0.3, -0.25) is 4.79 Å². The van der Waals surface area contributed by atoms with Crippen LogP contribution < -0.4 is 20.1 Å². The highest BCUT2D eigenvalue weighted by Crippen LogP contribution is 2.32. The number of benzene rings is 2. The van der Waals surface area contributed by atoms with Gasteiger partial charge in [-0.05, 0) is 67.1 Å². The maximum atomic E-state index is 12.6. The Morgan fingerprint density at radius 1 is 1.10 bits per heavy atom. The third kappa shape index (κ3) is 5.82. The number of carbonyl (C=O) groups is 2. The molecule has 0 aliphatic carbocycles. The monoisotopic (exact) mass is 443 g/mol. The zero-order valence-electron chi connectivity index (χ0n) is 17.2. The van der Waals surface area contributed by atoms with Gasteiger partial charge < -0.3 is 25.0 Å². The SMILES string of the molecule is O=C(CC[C@H]1CCCN(C(=O)Nc2ccc(Cl)cc2)C1)NCc1ccc2c(c1)OCO2. The molecule has 2 aliphatic heterocycles. The Hall–Kier alpha value is -2.93. The molecule has 8 heteroatoms. The van der Waals surface area contributed by atoms with Gasteiger partial charge in [-0.2, -0.15) is 0 Å². The topological polar surface area (TPSA) is 79.9 Å². The molecule has 0 spiro atoms. The molecule has 3 amide bonds. The number of hydrogen-bond donors (Lipinski definition) is 2. The van der Waals surface area contributed by atoms with Crippen LogP contribution in [-0.4, -0.2) is 36.7 Å². The van der Waals surface area contributed by atoms with E-state index >= 15 is 0 Å². The van der Waals surface area contributed by atoms with E-state index in [0.717, 1.165) is 42.8 Å². The van der Waals surface area contributed by atoms with Gasteiger partial charge in [0, 0.05) is 36.8 Å². The molecule has 2 N–H and O–H groups in total. The fraction of sp³-hybridized carbons (Fsp3) is 0.391. The van der Waals surface area contributed by atoms with Crippen molar-refractivity contribution in [2.24, 2.45) is 5.92 Å². The fourth-order valence-corrected chi connectivity index (χ4v) is 4.02. The Morgan fingerprint density at radius 3 is 2.74 bits per heavy atom. The van der Waals surface area contributed by atoms with E-state index in [2.05, 4.69) is 10.6 Å². The van der Waals surface area contributed by atoms with Crippen molar-refractivity contribution in [1.29, 1.82) is 0 Å². The van der Waals surface area contributed by atoms with E-state index < -0.39 is 0 Å². The van der Waals surface area contributed by atoms with Crippen LogP contribution in [-0.2, 0) is 11.3 Å². The minimum Gasteiger partial charge on any atom is -0.454 e. The number of halogens is 1. The van der Waals surface area contributed by atoms with Crippen molar-refractivity contribution in [2.75, 3.05) is 25.2 Å². The molecule has 0 radical (unpaired) electrons. The summed E-state index contributed by atoms with van der Waals surface area (Å²) in [5.41, 5.74) is 1.69. The maximum Gasteiger partial charge on any atom is 0.321 e. The zero-order valence-corrected chi connectivity index (χ0v) is 18.0. The lowest BCUT2D eigenvalue weighted by Gasteiger charge is -2.32. The third-order valence-electron chi connectivity index (χ3n) is 5.61. The van der Waals surface area contributed by atoms with Crippen molar-refractivity contribution in [2.45, 2.75) is 32.2 Å². The van der Waals surface area contributed by atoms with E-state index in [9.17, 15) is 9.59 Å². The maximum absolute atomic E-state index is 12.6. The molecule has 0 bridgehead atoms. The fourth-order valence-electron chi connectivity index (χ4n) is 3.90. The Balaban J connectivity index is 1.19. The van der Waals surface area contributed by atoms with E-state index in [0.29, 0.717) is 36.2 Å². The van der Waals surface area contributed by atoms with Gasteiger partial charge in [0.15, 0.2) is 11.5 Å². The molecule has 4 rings (SSSR count). The van der Waals surface area contributed by atoms with Gasteiger partial charge in [0.1, 0.15) is 0 Å². The minimum absolute atomic E-state index is 0.0143. The number of hydrogen-bond acceptors (Lipinski definition) is 4. The Kier molecular flexibility index (Phi) is 6.82. The van der Waals surface area contributed by atoms with Crippen molar-refractivity contribution in [3.63, 3.8) is 0 Å². The normalized spacial score (nSPS) is 17.3. The van der Waals surface area contributed by atoms with E-state index in [1.807, 2.05) is 23.1 Å². The standard InChI is InChI=1S/C23H26ClN3O4/c24-18-5-7-19(8-6-18)26-23(29)27-11-1-2-16(14-27)4-10-22(28)25-13-17-3-9-20-21(12-17)31-15-30-20/h3,5-9,12,16H,1-2,4,10-11,13-15H2,(H,25,28)(H,26,29)/t16-/m1/s1. The van der Waals surface area contributed by atoms with Gasteiger partial charge in [-0.1, -0.05) is 17.7 Å². The van der Waals surface area contributed by atoms with Gasteiger partial charge in [0.2, 0.25) is 12.7 Å². The number of ether oxygens (including phenoxy) is 2. The molecule has 0 unspecified atom stereocenters. The number of urea groups is 1. The summed E-state index contributed by atoms with van der Waals surface area (Å²) in [7, 11) is 0. The molecular weight excluding hydrogens is 418 g/mol. The van der Waals surface area contributed by atoms with Crippen LogP contribution in [0.5, 0.6) is 11.5 Å². The van der Waals surface area contributed by atoms with Crippen LogP contribution in [0.2, 0.25) is 5.02 Å². The van der Waals surface area contributed by atoms with E-state index in [-0.39, 0.29) is 18.7 Å². The predicted molar refractivity (Wildman–Crippen MR) is 118 cm³/mol. The van der Waals surface area contributed by atoms with E-state index in [1.54, 1.807) is 24.3 Å². The Bertz CT molecular complexity index is 935. The van der Waals surface area contributed by atoms with Gasteiger partial charge >= 0.3 is 6.03 Å². The Labute approximate surface area is 186 Å². The average Bonchev–Trinajstić information content (AvgIpc) is 3.26. The molecule has 7 nitrogen and oxygen atoms in total. The first-order valence-electron chi connectivity index (χ1n) is 10.5. The number of anilines is 1. The van der Waals surface area contributed by atoms with Crippen LogP contribution in [0.1, 0.15) is 31.2 Å². The number of fused-ring (bicyclic) bond motifs is 1. The lowest BCUT2D eigenvalue weighted by Crippen LogP contribution is -2.42. The van der Waals surface area contributed by atoms with Gasteiger partial charge in [0.05, 0.1) is 0 Å². The second-order valence-electron chi connectivity index (χ2n) is 7.89. The Morgan fingerprint density at radius 2 is 1.90 bits per heavy atom. The van der Waals surface area contributed by atoms with Crippen molar-refractivity contribution in [3.8, 4) is 11.5 Å². The number of nitrogens with zero attached hydrogens (tertiary/aromatic N) is 1. The van der Waals surface area contributed by atoms with Gasteiger partial charge in [-0.15, -0.1) is 0 Å². The second-order valence-corrected chi connectivity index (χ2v) is 8.33. The van der Waals surface area contributed by atoms with Crippen molar-refractivity contribution >= 4 is 29.2 Å². The first kappa shape index (κ1) is 21.3. The molecule has 1 atom stereocenters. The number of rotatable bonds is 6. The highest BCUT2D eigenvalue weighted by molar-refractivity contribution is 6.30. The molecule has 2 aromatic rings. The third-order valence-corrected chi connectivity index (χ3v) is 5.86. The van der Waals surface area contributed by atoms with Crippen LogP contribution in [0.4, 0.5) is 10.5 Å². The summed E-state index contributed by atoms with van der Waals surface area (Å²) >= 11 is 5.89. The summed E-state index contributed by atoms with van der Waals surface area (Å²) in [4.78, 5) is 26.7. The van der Waals surface area contributed by atoms with Gasteiger partial charge in [0.25, 0.3) is 0 Å². The summed E-state index contributed by atoms with van der Waals surface area (Å²) in [5.74, 6) is 1.78. The lowest BCUT2D eigenvalue weighted by molar-refractivity contribution is -0.121. The van der Waals surface area contributed by atoms with Crippen LogP contribution in [0.3, 0.4) is 0 Å². The second kappa shape index (κ2) is 9.92. The number of likely N-dealkylation sites (tertiary alicyclic amines) is 1. The molecule has 1 fully saturated rings. The molecule has 2 heterocycles. The number of nitrogens with one attached hydrogen (secondary N) is 2. The average molecular weight is 444 g/mol. The van der Waals surface area contributed by atoms with Crippen molar-refractivity contribution < 1.29 is 19.1 Å². The molecule has 0 saturated carbocycles. The largest absolute Gasteiger partial charge is 0.454 e. The molecule has 31 heavy (non-hydrogen) atoms. The van der Waals surface area contributed by atoms with Crippen LogP contribution in [0.15, 0.2) is 42.5 Å². The van der Waals surface area contributed by atoms with Crippen LogP contribution in [0, 0.1) is 5.92 Å². The molecule has 0 aromatic heterocycles. The summed E-state index contributed by atoms with van der Waals surface area (Å²) in [6, 6.07) is 12.6. The molecule has 1 saturated heterocycles. The minimum atomic E-state index is -0.112. The quantitative estimate of drug-likeness (QED) is 0.693. The molecular formula is C23H26ClN3O4. The highest BCUT2D eigenvalue weighted by Gasteiger charge is 2.24. The number of piperidine rings is 1. The first-order chi connectivity index (χ1) is 15.1. The smallest absolute Gasteiger partial charge is 0.321 e. The van der Waals surface area contributed by atoms with Gasteiger partial charge in [-0.25, -0.2) is 4.79 Å². The van der Waals surface area contributed by atoms with Crippen LogP contribution in [0.25, 0.3) is 0 Å². The summed E-state index contributed by atoms with van der Waals surface area (Å²) in [6.45, 7) is 2.08. The van der Waals surface area contributed by atoms with Crippen molar-refractivity contribution in [3.05, 3.63) is 53.1 Å². The molecule has 164 valence electrons. The van der Waals surface area contributed by atoms with E-state index in [4.69, 9.17) is 21.1 Å². The molecule has 2 aliphatic rings.